The van der Waals surface area contributed by atoms with Gasteiger partial charge in [-0.05, 0) is 18.9 Å². The Morgan fingerprint density at radius 1 is 1.40 bits per heavy atom. The van der Waals surface area contributed by atoms with Crippen LogP contribution in [-0.4, -0.2) is 24.1 Å². The van der Waals surface area contributed by atoms with E-state index in [0.29, 0.717) is 24.4 Å². The molecule has 1 fully saturated rings. The largest absolute Gasteiger partial charge is 0.481 e. The van der Waals surface area contributed by atoms with E-state index in [0.717, 1.165) is 5.56 Å². The number of methoxy groups -OCH3 is 1. The molecular formula is C15H24N4O. The fourth-order valence-electron chi connectivity index (χ4n) is 2.58. The predicted octanol–water partition coefficient (Wildman–Crippen LogP) is 2.22. The van der Waals surface area contributed by atoms with E-state index in [-0.39, 0.29) is 0 Å². The standard InChI is InChI=1S/C15H24N4O/c1-20-14-12(7-6-10-17-14)11-18-15(16)19-13-8-4-2-3-5-9-13/h6-7,10,13H,2-5,8-9,11H2,1H3,(H3,16,18,19). The quantitative estimate of drug-likeness (QED) is 0.502. The zero-order chi connectivity index (χ0) is 14.2. The lowest BCUT2D eigenvalue weighted by Crippen LogP contribution is -2.39. The van der Waals surface area contributed by atoms with E-state index < -0.39 is 0 Å². The minimum absolute atomic E-state index is 0.469. The van der Waals surface area contributed by atoms with Gasteiger partial charge in [0.25, 0.3) is 0 Å². The Balaban J connectivity index is 1.89. The third-order valence-corrected chi connectivity index (χ3v) is 3.67. The number of nitrogens with two attached hydrogens (primary N) is 1. The fourth-order valence-corrected chi connectivity index (χ4v) is 2.58. The average molecular weight is 276 g/mol. The van der Waals surface area contributed by atoms with Gasteiger partial charge < -0.3 is 15.8 Å². The maximum Gasteiger partial charge on any atom is 0.218 e. The van der Waals surface area contributed by atoms with Gasteiger partial charge in [-0.1, -0.05) is 31.7 Å². The molecule has 1 saturated carbocycles. The summed E-state index contributed by atoms with van der Waals surface area (Å²) in [5.74, 6) is 1.13. The van der Waals surface area contributed by atoms with Gasteiger partial charge in [-0.2, -0.15) is 0 Å². The molecule has 0 amide bonds. The van der Waals surface area contributed by atoms with Crippen LogP contribution in [0.5, 0.6) is 5.88 Å². The Kier molecular flexibility index (Phi) is 5.65. The normalized spacial score (nSPS) is 17.6. The summed E-state index contributed by atoms with van der Waals surface area (Å²) in [6, 6.07) is 4.30. The molecular weight excluding hydrogens is 252 g/mol. The maximum absolute atomic E-state index is 5.97. The SMILES string of the molecule is COc1ncccc1CN=C(N)NC1CCCCCC1. The van der Waals surface area contributed by atoms with Crippen LogP contribution >= 0.6 is 0 Å². The molecule has 1 heterocycles. The van der Waals surface area contributed by atoms with Crippen LogP contribution in [0.25, 0.3) is 0 Å². The minimum atomic E-state index is 0.469. The highest BCUT2D eigenvalue weighted by atomic mass is 16.5. The fraction of sp³-hybridized carbons (Fsp3) is 0.600. The van der Waals surface area contributed by atoms with Crippen molar-refractivity contribution in [2.75, 3.05) is 7.11 Å². The Labute approximate surface area is 120 Å². The van der Waals surface area contributed by atoms with Crippen LogP contribution in [0.1, 0.15) is 44.1 Å². The number of guanidine groups is 1. The molecule has 0 spiro atoms. The van der Waals surface area contributed by atoms with E-state index >= 15 is 0 Å². The molecule has 110 valence electrons. The smallest absolute Gasteiger partial charge is 0.218 e. The molecule has 0 atom stereocenters. The maximum atomic E-state index is 5.97. The minimum Gasteiger partial charge on any atom is -0.481 e. The number of aliphatic imine (C=N–C) groups is 1. The molecule has 1 aliphatic rings. The highest BCUT2D eigenvalue weighted by Gasteiger charge is 2.12. The van der Waals surface area contributed by atoms with Gasteiger partial charge in [0, 0.05) is 17.8 Å². The molecule has 0 saturated heterocycles. The van der Waals surface area contributed by atoms with Crippen LogP contribution in [0.2, 0.25) is 0 Å². The number of rotatable bonds is 4. The van der Waals surface area contributed by atoms with E-state index in [1.165, 1.54) is 38.5 Å². The third kappa shape index (κ3) is 4.40. The summed E-state index contributed by atoms with van der Waals surface area (Å²) < 4.78 is 5.20. The summed E-state index contributed by atoms with van der Waals surface area (Å²) in [6.45, 7) is 0.489. The lowest BCUT2D eigenvalue weighted by Gasteiger charge is -2.16. The van der Waals surface area contributed by atoms with Crippen LogP contribution in [0.3, 0.4) is 0 Å². The first-order valence-electron chi connectivity index (χ1n) is 7.34. The molecule has 3 N–H and O–H groups in total. The van der Waals surface area contributed by atoms with Crippen molar-refractivity contribution in [3.05, 3.63) is 23.9 Å². The highest BCUT2D eigenvalue weighted by molar-refractivity contribution is 5.78. The Morgan fingerprint density at radius 3 is 2.85 bits per heavy atom. The first kappa shape index (κ1) is 14.6. The summed E-state index contributed by atoms with van der Waals surface area (Å²) >= 11 is 0. The van der Waals surface area contributed by atoms with Crippen molar-refractivity contribution < 1.29 is 4.74 Å². The number of pyridine rings is 1. The third-order valence-electron chi connectivity index (χ3n) is 3.67. The van der Waals surface area contributed by atoms with E-state index in [9.17, 15) is 0 Å². The van der Waals surface area contributed by atoms with Gasteiger partial charge in [0.15, 0.2) is 5.96 Å². The summed E-state index contributed by atoms with van der Waals surface area (Å²) in [5, 5.41) is 3.33. The number of nitrogens with one attached hydrogen (secondary N) is 1. The van der Waals surface area contributed by atoms with Crippen LogP contribution in [-0.2, 0) is 6.54 Å². The van der Waals surface area contributed by atoms with E-state index in [1.54, 1.807) is 13.3 Å². The summed E-state index contributed by atoms with van der Waals surface area (Å²) in [5.41, 5.74) is 6.92. The molecule has 5 nitrogen and oxygen atoms in total. The van der Waals surface area contributed by atoms with Gasteiger partial charge >= 0.3 is 0 Å². The lowest BCUT2D eigenvalue weighted by molar-refractivity contribution is 0.392. The number of nitrogens with zero attached hydrogens (tertiary/aromatic N) is 2. The van der Waals surface area contributed by atoms with Crippen molar-refractivity contribution in [3.63, 3.8) is 0 Å². The second-order valence-corrected chi connectivity index (χ2v) is 5.21. The van der Waals surface area contributed by atoms with Crippen molar-refractivity contribution in [1.29, 1.82) is 0 Å². The molecule has 0 radical (unpaired) electrons. The van der Waals surface area contributed by atoms with E-state index in [4.69, 9.17) is 10.5 Å². The van der Waals surface area contributed by atoms with Crippen molar-refractivity contribution in [2.24, 2.45) is 10.7 Å². The van der Waals surface area contributed by atoms with Gasteiger partial charge in [0.05, 0.1) is 13.7 Å². The van der Waals surface area contributed by atoms with Gasteiger partial charge in [-0.15, -0.1) is 0 Å². The number of hydrogen-bond acceptors (Lipinski definition) is 3. The van der Waals surface area contributed by atoms with Crippen molar-refractivity contribution >= 4 is 5.96 Å². The lowest BCUT2D eigenvalue weighted by atomic mass is 10.1. The van der Waals surface area contributed by atoms with E-state index in [1.807, 2.05) is 12.1 Å². The second kappa shape index (κ2) is 7.72. The molecule has 0 aromatic carbocycles. The van der Waals surface area contributed by atoms with Crippen LogP contribution in [0.15, 0.2) is 23.3 Å². The summed E-state index contributed by atoms with van der Waals surface area (Å²) in [4.78, 5) is 8.54. The molecule has 1 aromatic heterocycles. The molecule has 0 bridgehead atoms. The number of hydrogen-bond donors (Lipinski definition) is 2. The van der Waals surface area contributed by atoms with Crippen molar-refractivity contribution in [1.82, 2.24) is 10.3 Å². The Bertz CT molecular complexity index is 439. The highest BCUT2D eigenvalue weighted by Crippen LogP contribution is 2.17. The first-order chi connectivity index (χ1) is 9.79. The second-order valence-electron chi connectivity index (χ2n) is 5.21. The summed E-state index contributed by atoms with van der Waals surface area (Å²) in [7, 11) is 1.61. The average Bonchev–Trinajstić information content (AvgIpc) is 2.74. The summed E-state index contributed by atoms with van der Waals surface area (Å²) in [6.07, 6.45) is 9.31. The van der Waals surface area contributed by atoms with Crippen LogP contribution < -0.4 is 15.8 Å². The van der Waals surface area contributed by atoms with Gasteiger partial charge in [0.2, 0.25) is 5.88 Å². The van der Waals surface area contributed by atoms with E-state index in [2.05, 4.69) is 15.3 Å². The van der Waals surface area contributed by atoms with Gasteiger partial charge in [-0.25, -0.2) is 9.98 Å². The number of aromatic nitrogens is 1. The Hall–Kier alpha value is -1.78. The molecule has 20 heavy (non-hydrogen) atoms. The van der Waals surface area contributed by atoms with Gasteiger partial charge in [-0.3, -0.25) is 0 Å². The molecule has 0 aliphatic heterocycles. The molecule has 1 aromatic rings. The van der Waals surface area contributed by atoms with Gasteiger partial charge in [0.1, 0.15) is 0 Å². The zero-order valence-electron chi connectivity index (χ0n) is 12.1. The number of ether oxygens (including phenoxy) is 1. The van der Waals surface area contributed by atoms with Crippen LogP contribution in [0.4, 0.5) is 0 Å². The predicted molar refractivity (Wildman–Crippen MR) is 80.7 cm³/mol. The van der Waals surface area contributed by atoms with Crippen LogP contribution in [0, 0.1) is 0 Å². The van der Waals surface area contributed by atoms with Crippen molar-refractivity contribution in [3.8, 4) is 5.88 Å². The topological polar surface area (TPSA) is 72.5 Å². The molecule has 1 aliphatic carbocycles. The molecule has 0 unspecified atom stereocenters. The monoisotopic (exact) mass is 276 g/mol. The first-order valence-corrected chi connectivity index (χ1v) is 7.34. The van der Waals surface area contributed by atoms with Crippen molar-refractivity contribution in [2.45, 2.75) is 51.1 Å². The molecule has 2 rings (SSSR count). The Morgan fingerprint density at radius 2 is 2.15 bits per heavy atom. The molecule has 5 heteroatoms. The zero-order valence-corrected chi connectivity index (χ0v) is 12.1.